The highest BCUT2D eigenvalue weighted by atomic mass is 35.5. The van der Waals surface area contributed by atoms with Crippen LogP contribution >= 0.6 is 11.6 Å². The second-order valence-electron chi connectivity index (χ2n) is 5.60. The number of carbonyl (C=O) groups excluding carboxylic acids is 1. The van der Waals surface area contributed by atoms with Gasteiger partial charge in [-0.25, -0.2) is 13.1 Å². The Morgan fingerprint density at radius 3 is 2.48 bits per heavy atom. The van der Waals surface area contributed by atoms with Gasteiger partial charge in [-0.05, 0) is 48.7 Å². The van der Waals surface area contributed by atoms with E-state index in [-0.39, 0.29) is 10.8 Å². The summed E-state index contributed by atoms with van der Waals surface area (Å²) in [6.07, 6.45) is 1.56. The fraction of sp³-hybridized carbons (Fsp3) is 0.278. The minimum atomic E-state index is -3.46. The van der Waals surface area contributed by atoms with Gasteiger partial charge >= 0.3 is 0 Å². The highest BCUT2D eigenvalue weighted by Gasteiger charge is 2.12. The summed E-state index contributed by atoms with van der Waals surface area (Å²) in [6, 6.07) is 13.5. The molecule has 25 heavy (non-hydrogen) atoms. The molecule has 2 rings (SSSR count). The number of hydrogen-bond acceptors (Lipinski definition) is 3. The van der Waals surface area contributed by atoms with Crippen molar-refractivity contribution < 1.29 is 13.2 Å². The van der Waals surface area contributed by atoms with E-state index >= 15 is 0 Å². The molecule has 0 unspecified atom stereocenters. The van der Waals surface area contributed by atoms with Crippen LogP contribution in [0.1, 0.15) is 25.3 Å². The largest absolute Gasteiger partial charge is 0.326 e. The van der Waals surface area contributed by atoms with Gasteiger partial charge in [0, 0.05) is 23.7 Å². The van der Waals surface area contributed by atoms with Gasteiger partial charge in [-0.2, -0.15) is 0 Å². The zero-order valence-electron chi connectivity index (χ0n) is 14.0. The van der Waals surface area contributed by atoms with Crippen molar-refractivity contribution in [1.29, 1.82) is 0 Å². The Kier molecular flexibility index (Phi) is 6.99. The lowest BCUT2D eigenvalue weighted by Gasteiger charge is -2.08. The number of anilines is 1. The van der Waals surface area contributed by atoms with Gasteiger partial charge in [-0.15, -0.1) is 0 Å². The van der Waals surface area contributed by atoms with Crippen LogP contribution in [0, 0.1) is 0 Å². The number of rotatable bonds is 8. The van der Waals surface area contributed by atoms with Gasteiger partial charge < -0.3 is 5.32 Å². The molecule has 2 aromatic rings. The Hall–Kier alpha value is -1.89. The molecule has 134 valence electrons. The molecule has 0 saturated carbocycles. The van der Waals surface area contributed by atoms with E-state index in [1.54, 1.807) is 48.5 Å². The van der Waals surface area contributed by atoms with Crippen LogP contribution in [0.4, 0.5) is 5.69 Å². The highest BCUT2D eigenvalue weighted by Crippen LogP contribution is 2.16. The average molecular weight is 381 g/mol. The van der Waals surface area contributed by atoms with Crippen molar-refractivity contribution in [3.8, 4) is 0 Å². The number of halogens is 1. The predicted octanol–water partition coefficient (Wildman–Crippen LogP) is 3.60. The van der Waals surface area contributed by atoms with Crippen LogP contribution in [-0.2, 0) is 21.2 Å². The number of carbonyl (C=O) groups is 1. The van der Waals surface area contributed by atoms with Crippen LogP contribution < -0.4 is 10.0 Å². The summed E-state index contributed by atoms with van der Waals surface area (Å²) in [5.41, 5.74) is 1.55. The average Bonchev–Trinajstić information content (AvgIpc) is 2.59. The molecule has 0 atom stereocenters. The normalized spacial score (nSPS) is 11.3. The smallest absolute Gasteiger partial charge is 0.240 e. The number of aryl methyl sites for hydroxylation is 1. The Morgan fingerprint density at radius 2 is 1.84 bits per heavy atom. The van der Waals surface area contributed by atoms with Crippen LogP contribution in [0.5, 0.6) is 0 Å². The van der Waals surface area contributed by atoms with Gasteiger partial charge in [0.1, 0.15) is 0 Å². The lowest BCUT2D eigenvalue weighted by molar-refractivity contribution is -0.116. The summed E-state index contributed by atoms with van der Waals surface area (Å²) in [6.45, 7) is 2.31. The van der Waals surface area contributed by atoms with Crippen LogP contribution in [0.3, 0.4) is 0 Å². The number of sulfonamides is 1. The van der Waals surface area contributed by atoms with E-state index in [0.29, 0.717) is 30.1 Å². The van der Waals surface area contributed by atoms with Gasteiger partial charge in [0.05, 0.1) is 4.90 Å². The van der Waals surface area contributed by atoms with E-state index in [0.717, 1.165) is 12.0 Å². The fourth-order valence-electron chi connectivity index (χ4n) is 2.20. The summed E-state index contributed by atoms with van der Waals surface area (Å²) in [5.74, 6) is -0.122. The molecule has 0 aliphatic carbocycles. The van der Waals surface area contributed by atoms with E-state index in [1.165, 1.54) is 0 Å². The van der Waals surface area contributed by atoms with Crippen molar-refractivity contribution in [3.05, 3.63) is 59.1 Å². The first-order valence-electron chi connectivity index (χ1n) is 8.05. The van der Waals surface area contributed by atoms with Gasteiger partial charge in [0.15, 0.2) is 0 Å². The molecule has 5 nitrogen and oxygen atoms in total. The van der Waals surface area contributed by atoms with Crippen molar-refractivity contribution in [2.45, 2.75) is 31.1 Å². The third-order valence-corrected chi connectivity index (χ3v) is 5.24. The topological polar surface area (TPSA) is 75.3 Å². The summed E-state index contributed by atoms with van der Waals surface area (Å²) in [7, 11) is -3.46. The van der Waals surface area contributed by atoms with Crippen molar-refractivity contribution in [1.82, 2.24) is 4.72 Å². The van der Waals surface area contributed by atoms with Gasteiger partial charge in [-0.3, -0.25) is 4.79 Å². The summed E-state index contributed by atoms with van der Waals surface area (Å²) >= 11 is 5.88. The molecule has 0 fully saturated rings. The molecule has 0 bridgehead atoms. The van der Waals surface area contributed by atoms with Crippen LogP contribution in [0.15, 0.2) is 53.4 Å². The van der Waals surface area contributed by atoms with Crippen LogP contribution in [-0.4, -0.2) is 20.9 Å². The third-order valence-electron chi connectivity index (χ3n) is 3.52. The first kappa shape index (κ1) is 19.4. The van der Waals surface area contributed by atoms with E-state index in [2.05, 4.69) is 10.0 Å². The minimum absolute atomic E-state index is 0.122. The van der Waals surface area contributed by atoms with E-state index in [9.17, 15) is 13.2 Å². The van der Waals surface area contributed by atoms with Crippen LogP contribution in [0.25, 0.3) is 0 Å². The molecule has 0 spiro atoms. The molecule has 0 saturated heterocycles. The molecule has 7 heteroatoms. The Labute approximate surface area is 153 Å². The van der Waals surface area contributed by atoms with Gasteiger partial charge in [0.2, 0.25) is 15.9 Å². The molecule has 0 aliphatic heterocycles. The molecular formula is C18H21ClN2O3S. The van der Waals surface area contributed by atoms with E-state index in [1.807, 2.05) is 6.92 Å². The summed E-state index contributed by atoms with van der Waals surface area (Å²) < 4.78 is 26.6. The lowest BCUT2D eigenvalue weighted by atomic mass is 10.1. The SMILES string of the molecule is CCCNS(=O)(=O)c1ccc(CCC(=O)Nc2cccc(Cl)c2)cc1. The van der Waals surface area contributed by atoms with E-state index in [4.69, 9.17) is 11.6 Å². The zero-order chi connectivity index (χ0) is 18.3. The molecule has 0 aliphatic rings. The monoisotopic (exact) mass is 380 g/mol. The third kappa shape index (κ3) is 6.16. The minimum Gasteiger partial charge on any atom is -0.326 e. The maximum absolute atomic E-state index is 12.0. The Balaban J connectivity index is 1.90. The molecule has 0 heterocycles. The molecule has 2 N–H and O–H groups in total. The van der Waals surface area contributed by atoms with E-state index < -0.39 is 10.0 Å². The fourth-order valence-corrected chi connectivity index (χ4v) is 3.53. The van der Waals surface area contributed by atoms with Crippen molar-refractivity contribution in [2.24, 2.45) is 0 Å². The number of benzene rings is 2. The van der Waals surface area contributed by atoms with Gasteiger partial charge in [0.25, 0.3) is 0 Å². The number of amides is 1. The quantitative estimate of drug-likeness (QED) is 0.734. The lowest BCUT2D eigenvalue weighted by Crippen LogP contribution is -2.24. The Morgan fingerprint density at radius 1 is 1.12 bits per heavy atom. The highest BCUT2D eigenvalue weighted by molar-refractivity contribution is 7.89. The second-order valence-corrected chi connectivity index (χ2v) is 7.80. The molecule has 2 aromatic carbocycles. The first-order chi connectivity index (χ1) is 11.9. The maximum atomic E-state index is 12.0. The standard InChI is InChI=1S/C18H21ClN2O3S/c1-2-12-20-25(23,24)17-9-6-14(7-10-17)8-11-18(22)21-16-5-3-4-15(19)13-16/h3-7,9-10,13,20H,2,8,11-12H2,1H3,(H,21,22). The first-order valence-corrected chi connectivity index (χ1v) is 9.91. The number of nitrogens with one attached hydrogen (secondary N) is 2. The zero-order valence-corrected chi connectivity index (χ0v) is 15.5. The van der Waals surface area contributed by atoms with Gasteiger partial charge in [-0.1, -0.05) is 36.7 Å². The van der Waals surface area contributed by atoms with Crippen molar-refractivity contribution >= 4 is 33.2 Å². The Bertz CT molecular complexity index is 820. The molecule has 0 radical (unpaired) electrons. The summed E-state index contributed by atoms with van der Waals surface area (Å²) in [5, 5.41) is 3.34. The number of hydrogen-bond donors (Lipinski definition) is 2. The molecule has 0 aromatic heterocycles. The van der Waals surface area contributed by atoms with Crippen LogP contribution in [0.2, 0.25) is 5.02 Å². The van der Waals surface area contributed by atoms with Crippen molar-refractivity contribution in [3.63, 3.8) is 0 Å². The molecular weight excluding hydrogens is 360 g/mol. The molecule has 1 amide bonds. The second kappa shape index (κ2) is 8.99. The van der Waals surface area contributed by atoms with Crippen molar-refractivity contribution in [2.75, 3.05) is 11.9 Å². The predicted molar refractivity (Wildman–Crippen MR) is 100 cm³/mol. The maximum Gasteiger partial charge on any atom is 0.240 e. The summed E-state index contributed by atoms with van der Waals surface area (Å²) in [4.78, 5) is 12.2.